The van der Waals surface area contributed by atoms with Crippen LogP contribution < -0.4 is 0 Å². The number of thioether (sulfide) groups is 1. The summed E-state index contributed by atoms with van der Waals surface area (Å²) in [4.78, 5) is 0. The number of hydrogen-bond acceptors (Lipinski definition) is 2. The van der Waals surface area contributed by atoms with Crippen molar-refractivity contribution in [2.45, 2.75) is 90.1 Å². The van der Waals surface area contributed by atoms with Crippen LogP contribution in [0.4, 0.5) is 0 Å². The molecular weight excluding hydrogens is 316 g/mol. The molecule has 0 aromatic heterocycles. The Hall–Kier alpha value is 0.700. The highest BCUT2D eigenvalue weighted by Crippen LogP contribution is 2.47. The van der Waals surface area contributed by atoms with Crippen LogP contribution >= 0.6 is 24.4 Å². The monoisotopic (exact) mass is 356 g/mol. The summed E-state index contributed by atoms with van der Waals surface area (Å²) in [6.45, 7) is 12.3. The van der Waals surface area contributed by atoms with Crippen molar-refractivity contribution in [3.05, 3.63) is 0 Å². The van der Waals surface area contributed by atoms with Gasteiger partial charge in [0.15, 0.2) is 0 Å². The van der Waals surface area contributed by atoms with Crippen LogP contribution in [0.1, 0.15) is 79.6 Å². The molecule has 0 amide bonds. The molecule has 8 atom stereocenters. The summed E-state index contributed by atoms with van der Waals surface area (Å²) in [7, 11) is 0. The van der Waals surface area contributed by atoms with Gasteiger partial charge < -0.3 is 0 Å². The molecule has 2 rings (SSSR count). The Morgan fingerprint density at radius 2 is 1.35 bits per heavy atom. The largest absolute Gasteiger partial charge is 0.179 e. The molecule has 0 bridgehead atoms. The predicted octanol–water partition coefficient (Wildman–Crippen LogP) is 6.94. The SMILES string of the molecule is CCC(C)C1CCC(C)C(SC2CC(C(C)CS)CCC2C)C1. The van der Waals surface area contributed by atoms with Gasteiger partial charge in [0.1, 0.15) is 0 Å². The van der Waals surface area contributed by atoms with Gasteiger partial charge in [0.05, 0.1) is 0 Å². The zero-order chi connectivity index (χ0) is 17.0. The zero-order valence-corrected chi connectivity index (χ0v) is 17.8. The van der Waals surface area contributed by atoms with Crippen LogP contribution in [0.25, 0.3) is 0 Å². The van der Waals surface area contributed by atoms with Gasteiger partial charge in [-0.1, -0.05) is 41.0 Å². The molecule has 136 valence electrons. The van der Waals surface area contributed by atoms with E-state index in [9.17, 15) is 0 Å². The fraction of sp³-hybridized carbons (Fsp3) is 1.00. The third-order valence-electron chi connectivity index (χ3n) is 7.22. The quantitative estimate of drug-likeness (QED) is 0.503. The van der Waals surface area contributed by atoms with Gasteiger partial charge in [0, 0.05) is 10.5 Å². The van der Waals surface area contributed by atoms with Crippen LogP contribution in [0.2, 0.25) is 0 Å². The van der Waals surface area contributed by atoms with Crippen molar-refractivity contribution >= 4 is 24.4 Å². The Bertz CT molecular complexity index is 311. The van der Waals surface area contributed by atoms with Gasteiger partial charge in [-0.15, -0.1) is 0 Å². The molecule has 0 heterocycles. The second-order valence-electron chi connectivity index (χ2n) is 8.86. The van der Waals surface area contributed by atoms with Gasteiger partial charge in [0.25, 0.3) is 0 Å². The molecule has 0 aliphatic heterocycles. The summed E-state index contributed by atoms with van der Waals surface area (Å²) in [5.74, 6) is 6.53. The minimum atomic E-state index is 0.797. The lowest BCUT2D eigenvalue weighted by atomic mass is 9.76. The first-order valence-electron chi connectivity index (χ1n) is 10.2. The fourth-order valence-electron chi connectivity index (χ4n) is 4.74. The Morgan fingerprint density at radius 3 is 1.78 bits per heavy atom. The average Bonchev–Trinajstić information content (AvgIpc) is 2.57. The van der Waals surface area contributed by atoms with Gasteiger partial charge in [-0.2, -0.15) is 24.4 Å². The molecule has 0 nitrogen and oxygen atoms in total. The third-order valence-corrected chi connectivity index (χ3v) is 9.81. The molecule has 2 heteroatoms. The lowest BCUT2D eigenvalue weighted by Crippen LogP contribution is -2.34. The fourth-order valence-corrected chi connectivity index (χ4v) is 7.02. The highest BCUT2D eigenvalue weighted by Gasteiger charge is 2.36. The van der Waals surface area contributed by atoms with Gasteiger partial charge in [0.2, 0.25) is 0 Å². The van der Waals surface area contributed by atoms with Crippen LogP contribution in [-0.2, 0) is 0 Å². The Balaban J connectivity index is 1.94. The molecule has 0 radical (unpaired) electrons. The lowest BCUT2D eigenvalue weighted by molar-refractivity contribution is 0.221. The van der Waals surface area contributed by atoms with E-state index in [1.165, 1.54) is 44.9 Å². The molecule has 8 unspecified atom stereocenters. The molecule has 0 aromatic carbocycles. The summed E-state index contributed by atoms with van der Waals surface area (Å²) in [6, 6.07) is 0. The maximum absolute atomic E-state index is 4.56. The van der Waals surface area contributed by atoms with E-state index in [4.69, 9.17) is 0 Å². The van der Waals surface area contributed by atoms with Crippen LogP contribution in [-0.4, -0.2) is 16.3 Å². The van der Waals surface area contributed by atoms with Crippen molar-refractivity contribution in [3.63, 3.8) is 0 Å². The topological polar surface area (TPSA) is 0 Å². The van der Waals surface area contributed by atoms with E-state index in [2.05, 4.69) is 59.0 Å². The molecule has 2 saturated carbocycles. The molecular formula is C21H40S2. The molecule has 0 saturated heterocycles. The second kappa shape index (κ2) is 9.41. The normalized spacial score (nSPS) is 41.5. The first-order valence-corrected chi connectivity index (χ1v) is 11.8. The molecule has 2 aliphatic rings. The van der Waals surface area contributed by atoms with Crippen LogP contribution in [0.5, 0.6) is 0 Å². The molecule has 2 fully saturated rings. The smallest absolute Gasteiger partial charge is 0.00783 e. The van der Waals surface area contributed by atoms with Crippen molar-refractivity contribution in [1.82, 2.24) is 0 Å². The standard InChI is InChI=1S/C21H40S2/c1-6-14(2)18-9-7-15(3)20(11-18)23-21-12-19(17(5)13-22)10-8-16(21)4/h14-22H,6-13H2,1-5H3. The Kier molecular flexibility index (Phi) is 8.19. The maximum atomic E-state index is 4.56. The van der Waals surface area contributed by atoms with Crippen molar-refractivity contribution in [2.24, 2.45) is 35.5 Å². The van der Waals surface area contributed by atoms with E-state index < -0.39 is 0 Å². The van der Waals surface area contributed by atoms with Gasteiger partial charge in [-0.3, -0.25) is 0 Å². The third kappa shape index (κ3) is 5.33. The first kappa shape index (κ1) is 20.0. The summed E-state index contributed by atoms with van der Waals surface area (Å²) in [5, 5.41) is 1.82. The van der Waals surface area contributed by atoms with E-state index >= 15 is 0 Å². The van der Waals surface area contributed by atoms with Crippen LogP contribution in [0, 0.1) is 35.5 Å². The highest BCUT2D eigenvalue weighted by molar-refractivity contribution is 8.00. The van der Waals surface area contributed by atoms with E-state index in [0.29, 0.717) is 0 Å². The van der Waals surface area contributed by atoms with Crippen molar-refractivity contribution in [2.75, 3.05) is 5.75 Å². The minimum Gasteiger partial charge on any atom is -0.179 e. The van der Waals surface area contributed by atoms with Gasteiger partial charge in [-0.25, -0.2) is 0 Å². The summed E-state index contributed by atoms with van der Waals surface area (Å²) < 4.78 is 0. The van der Waals surface area contributed by atoms with Crippen molar-refractivity contribution in [1.29, 1.82) is 0 Å². The first-order chi connectivity index (χ1) is 11.0. The number of hydrogen-bond donors (Lipinski definition) is 1. The number of thiol groups is 1. The molecule has 0 aromatic rings. The molecule has 23 heavy (non-hydrogen) atoms. The van der Waals surface area contributed by atoms with Gasteiger partial charge >= 0.3 is 0 Å². The van der Waals surface area contributed by atoms with E-state index in [-0.39, 0.29) is 0 Å². The lowest BCUT2D eigenvalue weighted by Gasteiger charge is -2.42. The van der Waals surface area contributed by atoms with Crippen molar-refractivity contribution in [3.8, 4) is 0 Å². The Morgan fingerprint density at radius 1 is 0.870 bits per heavy atom. The van der Waals surface area contributed by atoms with Crippen molar-refractivity contribution < 1.29 is 0 Å². The summed E-state index contributed by atoms with van der Waals surface area (Å²) in [6.07, 6.45) is 10.1. The molecule has 0 spiro atoms. The zero-order valence-electron chi connectivity index (χ0n) is 16.1. The Labute approximate surface area is 155 Å². The average molecular weight is 357 g/mol. The van der Waals surface area contributed by atoms with E-state index in [1.54, 1.807) is 0 Å². The molecule has 0 N–H and O–H groups in total. The minimum absolute atomic E-state index is 0.797. The van der Waals surface area contributed by atoms with E-state index in [1.807, 2.05) is 0 Å². The predicted molar refractivity (Wildman–Crippen MR) is 111 cm³/mol. The van der Waals surface area contributed by atoms with Crippen LogP contribution in [0.15, 0.2) is 0 Å². The van der Waals surface area contributed by atoms with Gasteiger partial charge in [-0.05, 0) is 79.8 Å². The molecule has 2 aliphatic carbocycles. The highest BCUT2D eigenvalue weighted by atomic mass is 32.2. The summed E-state index contributed by atoms with van der Waals surface area (Å²) in [5.41, 5.74) is 0. The number of rotatable bonds is 6. The van der Waals surface area contributed by atoms with Crippen LogP contribution in [0.3, 0.4) is 0 Å². The van der Waals surface area contributed by atoms with E-state index in [0.717, 1.165) is 51.8 Å². The maximum Gasteiger partial charge on any atom is 0.00783 e. The summed E-state index contributed by atoms with van der Waals surface area (Å²) >= 11 is 6.96. The second-order valence-corrected chi connectivity index (χ2v) is 10.7.